The van der Waals surface area contributed by atoms with E-state index >= 15 is 0 Å². The second-order valence-corrected chi connectivity index (χ2v) is 20.4. The van der Waals surface area contributed by atoms with Gasteiger partial charge in [0.05, 0.1) is 6.61 Å². The summed E-state index contributed by atoms with van der Waals surface area (Å²) in [5.74, 6) is -1.82. The molecule has 134 valence electrons. The van der Waals surface area contributed by atoms with Gasteiger partial charge in [-0.15, -0.1) is 0 Å². The number of carboxylic acid groups (broad SMARTS) is 1. The fraction of sp³-hybridized carbons (Fsp3) is 0.714. The van der Waals surface area contributed by atoms with Crippen molar-refractivity contribution in [3.63, 3.8) is 0 Å². The molecule has 0 atom stereocenters. The van der Waals surface area contributed by atoms with E-state index in [1.54, 1.807) is 0 Å². The van der Waals surface area contributed by atoms with Crippen LogP contribution in [0.5, 0.6) is 0 Å². The Morgan fingerprint density at radius 1 is 0.913 bits per heavy atom. The number of ether oxygens (including phenoxy) is 1. The van der Waals surface area contributed by atoms with Crippen LogP contribution in [0, 0.1) is 0 Å². The lowest BCUT2D eigenvalue weighted by atomic mass is 10.5. The Hall–Kier alpha value is -0.749. The fourth-order valence-electron chi connectivity index (χ4n) is 2.17. The Balaban J connectivity index is 4.51. The van der Waals surface area contributed by atoms with Crippen molar-refractivity contribution in [1.29, 1.82) is 0 Å². The lowest BCUT2D eigenvalue weighted by molar-refractivity contribution is -0.138. The quantitative estimate of drug-likeness (QED) is 0.272. The minimum absolute atomic E-state index is 0.232. The molecule has 23 heavy (non-hydrogen) atoms. The number of carboxylic acids is 1. The maximum absolute atomic E-state index is 11.3. The molecule has 0 aliphatic carbocycles. The molecule has 0 fully saturated rings. The number of aliphatic carboxylic acids is 1. The molecule has 0 aromatic heterocycles. The molecule has 0 aliphatic heterocycles. The second kappa shape index (κ2) is 8.92. The average molecular weight is 379 g/mol. The van der Waals surface area contributed by atoms with Gasteiger partial charge < -0.3 is 18.1 Å². The van der Waals surface area contributed by atoms with Crippen molar-refractivity contribution < 1.29 is 27.7 Å². The lowest BCUT2D eigenvalue weighted by Crippen LogP contribution is -2.52. The van der Waals surface area contributed by atoms with Gasteiger partial charge in [-0.25, -0.2) is 9.59 Å². The summed E-state index contributed by atoms with van der Waals surface area (Å²) in [6.45, 7) is 15.2. The summed E-state index contributed by atoms with van der Waals surface area (Å²) in [5.41, 5.74) is 0. The Bertz CT molecular complexity index is 421. The summed E-state index contributed by atoms with van der Waals surface area (Å²) in [5, 5.41) is 8.44. The van der Waals surface area contributed by atoms with Crippen LogP contribution in [-0.4, -0.2) is 48.8 Å². The van der Waals surface area contributed by atoms with Crippen LogP contribution in [-0.2, 0) is 22.6 Å². The van der Waals surface area contributed by atoms with Crippen LogP contribution < -0.4 is 0 Å². The lowest BCUT2D eigenvalue weighted by Gasteiger charge is -2.38. The number of carbonyl (C=O) groups excluding carboxylic acids is 1. The van der Waals surface area contributed by atoms with E-state index in [0.29, 0.717) is 6.42 Å². The summed E-state index contributed by atoms with van der Waals surface area (Å²) in [4.78, 5) is 21.6. The van der Waals surface area contributed by atoms with Gasteiger partial charge in [0.2, 0.25) is 0 Å². The molecule has 6 nitrogen and oxygen atoms in total. The number of hydrogen-bond acceptors (Lipinski definition) is 5. The molecule has 0 saturated carbocycles. The summed E-state index contributed by atoms with van der Waals surface area (Å²) in [7, 11) is -5.76. The van der Waals surface area contributed by atoms with Gasteiger partial charge in [0.25, 0.3) is 0 Å². The van der Waals surface area contributed by atoms with E-state index in [4.69, 9.17) is 18.1 Å². The van der Waals surface area contributed by atoms with Crippen molar-refractivity contribution in [3.8, 4) is 0 Å². The molecule has 0 bridgehead atoms. The van der Waals surface area contributed by atoms with E-state index in [1.165, 1.54) is 0 Å². The molecule has 0 aliphatic rings. The second-order valence-electron chi connectivity index (χ2n) is 7.51. The molecular formula is C14H30O6Si3. The summed E-state index contributed by atoms with van der Waals surface area (Å²) < 4.78 is 17.7. The Morgan fingerprint density at radius 3 is 1.78 bits per heavy atom. The van der Waals surface area contributed by atoms with Crippen molar-refractivity contribution in [2.24, 2.45) is 0 Å². The average Bonchev–Trinajstić information content (AvgIpc) is 2.27. The van der Waals surface area contributed by atoms with Crippen molar-refractivity contribution in [2.75, 3.05) is 6.61 Å². The van der Waals surface area contributed by atoms with Crippen molar-refractivity contribution >= 4 is 37.1 Å². The smallest absolute Gasteiger partial charge is 0.331 e. The summed E-state index contributed by atoms with van der Waals surface area (Å²) >= 11 is 0. The van der Waals surface area contributed by atoms with Crippen LogP contribution in [0.3, 0.4) is 0 Å². The minimum Gasteiger partial charge on any atom is -0.478 e. The largest absolute Gasteiger partial charge is 0.478 e. The molecule has 1 N–H and O–H groups in total. The molecule has 0 heterocycles. The topological polar surface area (TPSA) is 82.1 Å². The van der Waals surface area contributed by atoms with Crippen molar-refractivity contribution in [1.82, 2.24) is 0 Å². The predicted molar refractivity (Wildman–Crippen MR) is 97.6 cm³/mol. The molecule has 0 aromatic rings. The molecule has 0 saturated heterocycles. The molecule has 0 radical (unpaired) electrons. The third-order valence-electron chi connectivity index (χ3n) is 2.43. The predicted octanol–water partition coefficient (Wildman–Crippen LogP) is 3.34. The zero-order chi connectivity index (χ0) is 18.3. The first-order valence-electron chi connectivity index (χ1n) is 7.71. The summed E-state index contributed by atoms with van der Waals surface area (Å²) in [6.07, 6.45) is 2.32. The molecule has 0 amide bonds. The van der Waals surface area contributed by atoms with E-state index in [-0.39, 0.29) is 6.61 Å². The van der Waals surface area contributed by atoms with E-state index in [2.05, 4.69) is 45.8 Å². The van der Waals surface area contributed by atoms with Gasteiger partial charge in [-0.05, 0) is 58.3 Å². The third kappa shape index (κ3) is 13.4. The Labute approximate surface area is 142 Å². The summed E-state index contributed by atoms with van der Waals surface area (Å²) in [6, 6.07) is 0.747. The number of carbonyl (C=O) groups is 2. The zero-order valence-electron chi connectivity index (χ0n) is 15.3. The van der Waals surface area contributed by atoms with Crippen LogP contribution in [0.4, 0.5) is 0 Å². The van der Waals surface area contributed by atoms with E-state index in [0.717, 1.165) is 18.2 Å². The first-order chi connectivity index (χ1) is 10.2. The normalized spacial score (nSPS) is 13.3. The monoisotopic (exact) mass is 378 g/mol. The van der Waals surface area contributed by atoms with Gasteiger partial charge in [-0.1, -0.05) is 0 Å². The van der Waals surface area contributed by atoms with Crippen LogP contribution in [0.2, 0.25) is 51.9 Å². The number of rotatable bonds is 10. The first kappa shape index (κ1) is 22.3. The molecule has 0 unspecified atom stereocenters. The highest BCUT2D eigenvalue weighted by Gasteiger charge is 2.39. The highest BCUT2D eigenvalue weighted by Crippen LogP contribution is 2.25. The number of esters is 1. The van der Waals surface area contributed by atoms with Gasteiger partial charge in [0.1, 0.15) is 0 Å². The van der Waals surface area contributed by atoms with Crippen molar-refractivity contribution in [2.45, 2.75) is 58.3 Å². The highest BCUT2D eigenvalue weighted by molar-refractivity contribution is 6.87. The van der Waals surface area contributed by atoms with Gasteiger partial charge >= 0.3 is 20.5 Å². The van der Waals surface area contributed by atoms with Crippen LogP contribution >= 0.6 is 0 Å². The van der Waals surface area contributed by atoms with Gasteiger partial charge in [0, 0.05) is 12.2 Å². The van der Waals surface area contributed by atoms with Gasteiger partial charge in [-0.2, -0.15) is 0 Å². The zero-order valence-corrected chi connectivity index (χ0v) is 18.3. The molecule has 0 aromatic carbocycles. The van der Waals surface area contributed by atoms with E-state index < -0.39 is 37.1 Å². The molecule has 0 rings (SSSR count). The minimum atomic E-state index is -2.31. The third-order valence-corrected chi connectivity index (χ3v) is 12.0. The van der Waals surface area contributed by atoms with Crippen LogP contribution in [0.1, 0.15) is 6.42 Å². The standard InChI is InChI=1S/C14H30O6Si3/c1-21(2,3)19-23(7,20-22(4,5)6)12-8-11-18-14(17)10-9-13(15)16/h9-10H,8,11-12H2,1-7H3,(H,15,16). The SMILES string of the molecule is C[Si](C)(C)O[Si](C)(CCCOC(=O)C=CC(=O)O)O[Si](C)(C)C. The molecule has 9 heteroatoms. The molecular weight excluding hydrogens is 348 g/mol. The number of hydrogen-bond donors (Lipinski definition) is 1. The Kier molecular flexibility index (Phi) is 8.63. The van der Waals surface area contributed by atoms with E-state index in [9.17, 15) is 9.59 Å². The maximum Gasteiger partial charge on any atom is 0.331 e. The highest BCUT2D eigenvalue weighted by atomic mass is 28.5. The van der Waals surface area contributed by atoms with E-state index in [1.807, 2.05) is 0 Å². The van der Waals surface area contributed by atoms with Gasteiger partial charge in [0.15, 0.2) is 16.6 Å². The fourth-order valence-corrected chi connectivity index (χ4v) is 14.7. The van der Waals surface area contributed by atoms with Crippen molar-refractivity contribution in [3.05, 3.63) is 12.2 Å². The van der Waals surface area contributed by atoms with Crippen LogP contribution in [0.15, 0.2) is 12.2 Å². The molecule has 0 spiro atoms. The first-order valence-corrected chi connectivity index (χ1v) is 17.0. The maximum atomic E-state index is 11.3. The van der Waals surface area contributed by atoms with Gasteiger partial charge in [-0.3, -0.25) is 0 Å². The van der Waals surface area contributed by atoms with Crippen LogP contribution in [0.25, 0.3) is 0 Å². The Morgan fingerprint density at radius 2 is 1.39 bits per heavy atom.